The van der Waals surface area contributed by atoms with Gasteiger partial charge in [-0.25, -0.2) is 0 Å². The van der Waals surface area contributed by atoms with E-state index in [0.29, 0.717) is 5.02 Å². The molecule has 3 N–H and O–H groups in total. The summed E-state index contributed by atoms with van der Waals surface area (Å²) in [5.74, 6) is -0.155. The summed E-state index contributed by atoms with van der Waals surface area (Å²) in [4.78, 5) is 11.3. The fraction of sp³-hybridized carbons (Fsp3) is 0.364. The van der Waals surface area contributed by atoms with Crippen LogP contribution < -0.4 is 11.1 Å². The van der Waals surface area contributed by atoms with Crippen molar-refractivity contribution >= 4 is 17.5 Å². The first-order valence-electron chi connectivity index (χ1n) is 4.82. The van der Waals surface area contributed by atoms with Crippen molar-refractivity contribution in [3.05, 3.63) is 34.9 Å². The number of rotatable bonds is 3. The van der Waals surface area contributed by atoms with Gasteiger partial charge in [-0.3, -0.25) is 4.79 Å². The lowest BCUT2D eigenvalue weighted by atomic mass is 10.1. The molecule has 0 radical (unpaired) electrons. The average molecular weight is 227 g/mol. The number of hydrogen-bond acceptors (Lipinski definition) is 2. The van der Waals surface area contributed by atoms with Gasteiger partial charge in [0.1, 0.15) is 0 Å². The Labute approximate surface area is 94.6 Å². The molecule has 0 heterocycles. The van der Waals surface area contributed by atoms with Gasteiger partial charge in [0.2, 0.25) is 5.91 Å². The summed E-state index contributed by atoms with van der Waals surface area (Å²) in [6.07, 6.45) is 0. The molecule has 15 heavy (non-hydrogen) atoms. The first-order chi connectivity index (χ1) is 7.00. The predicted octanol–water partition coefficient (Wildman–Crippen LogP) is 1.86. The third kappa shape index (κ3) is 3.53. The van der Waals surface area contributed by atoms with E-state index >= 15 is 0 Å². The van der Waals surface area contributed by atoms with E-state index in [0.717, 1.165) is 5.56 Å². The number of hydrogen-bond donors (Lipinski definition) is 2. The van der Waals surface area contributed by atoms with Crippen LogP contribution >= 0.6 is 11.6 Å². The Morgan fingerprint density at radius 1 is 1.33 bits per heavy atom. The topological polar surface area (TPSA) is 55.1 Å². The van der Waals surface area contributed by atoms with Crippen molar-refractivity contribution in [2.45, 2.75) is 25.9 Å². The lowest BCUT2D eigenvalue weighted by molar-refractivity contribution is -0.122. The molecule has 0 bridgehead atoms. The van der Waals surface area contributed by atoms with Gasteiger partial charge in [-0.2, -0.15) is 0 Å². The Kier molecular flexibility index (Phi) is 4.12. The molecular formula is C11H15ClN2O. The molecule has 0 aliphatic carbocycles. The van der Waals surface area contributed by atoms with Crippen LogP contribution in [0, 0.1) is 0 Å². The number of nitrogens with one attached hydrogen (secondary N) is 1. The number of benzene rings is 1. The van der Waals surface area contributed by atoms with Gasteiger partial charge in [0.25, 0.3) is 0 Å². The van der Waals surface area contributed by atoms with Gasteiger partial charge in [-0.15, -0.1) is 0 Å². The maximum atomic E-state index is 11.3. The Morgan fingerprint density at radius 3 is 2.33 bits per heavy atom. The average Bonchev–Trinajstić information content (AvgIpc) is 2.18. The molecule has 1 rings (SSSR count). The molecule has 0 unspecified atom stereocenters. The Morgan fingerprint density at radius 2 is 1.87 bits per heavy atom. The van der Waals surface area contributed by atoms with Crippen LogP contribution in [0.2, 0.25) is 5.02 Å². The zero-order valence-corrected chi connectivity index (χ0v) is 9.58. The second-order valence-corrected chi connectivity index (χ2v) is 4.01. The molecule has 0 aliphatic rings. The minimum Gasteiger partial charge on any atom is -0.348 e. The molecule has 3 nitrogen and oxygen atoms in total. The second kappa shape index (κ2) is 5.14. The smallest absolute Gasteiger partial charge is 0.237 e. The van der Waals surface area contributed by atoms with Crippen molar-refractivity contribution in [1.29, 1.82) is 0 Å². The SMILES string of the molecule is C[C@H](NC(=O)[C@@H](C)N)c1ccc(Cl)cc1. The van der Waals surface area contributed by atoms with Crippen LogP contribution in [0.5, 0.6) is 0 Å². The Balaban J connectivity index is 2.65. The van der Waals surface area contributed by atoms with Gasteiger partial charge in [0, 0.05) is 5.02 Å². The number of carbonyl (C=O) groups excluding carboxylic acids is 1. The zero-order chi connectivity index (χ0) is 11.4. The fourth-order valence-corrected chi connectivity index (χ4v) is 1.31. The quantitative estimate of drug-likeness (QED) is 0.827. The minimum atomic E-state index is -0.486. The van der Waals surface area contributed by atoms with Crippen molar-refractivity contribution < 1.29 is 4.79 Å². The fourth-order valence-electron chi connectivity index (χ4n) is 1.18. The summed E-state index contributed by atoms with van der Waals surface area (Å²) in [5, 5.41) is 3.49. The first-order valence-corrected chi connectivity index (χ1v) is 5.20. The third-order valence-corrected chi connectivity index (χ3v) is 2.39. The van der Waals surface area contributed by atoms with Crippen LogP contribution in [0.25, 0.3) is 0 Å². The molecule has 1 aromatic carbocycles. The van der Waals surface area contributed by atoms with E-state index in [-0.39, 0.29) is 11.9 Å². The molecule has 4 heteroatoms. The van der Waals surface area contributed by atoms with E-state index < -0.39 is 6.04 Å². The van der Waals surface area contributed by atoms with E-state index in [2.05, 4.69) is 5.32 Å². The molecule has 1 amide bonds. The van der Waals surface area contributed by atoms with E-state index in [9.17, 15) is 4.79 Å². The maximum Gasteiger partial charge on any atom is 0.237 e. The molecule has 1 aromatic rings. The zero-order valence-electron chi connectivity index (χ0n) is 8.83. The minimum absolute atomic E-state index is 0.0548. The molecule has 0 fully saturated rings. The van der Waals surface area contributed by atoms with Gasteiger partial charge in [0.15, 0.2) is 0 Å². The number of halogens is 1. The summed E-state index contributed by atoms with van der Waals surface area (Å²) in [5.41, 5.74) is 6.46. The molecule has 0 spiro atoms. The van der Waals surface area contributed by atoms with Crippen molar-refractivity contribution in [1.82, 2.24) is 5.32 Å². The van der Waals surface area contributed by atoms with Crippen LogP contribution in [0.4, 0.5) is 0 Å². The molecule has 2 atom stereocenters. The summed E-state index contributed by atoms with van der Waals surface area (Å²) < 4.78 is 0. The van der Waals surface area contributed by atoms with Crippen LogP contribution in [0.15, 0.2) is 24.3 Å². The van der Waals surface area contributed by atoms with Crippen molar-refractivity contribution in [3.63, 3.8) is 0 Å². The second-order valence-electron chi connectivity index (χ2n) is 3.57. The highest BCUT2D eigenvalue weighted by Gasteiger charge is 2.12. The summed E-state index contributed by atoms with van der Waals surface area (Å²) in [6, 6.07) is 6.82. The lowest BCUT2D eigenvalue weighted by Crippen LogP contribution is -2.39. The Hall–Kier alpha value is -1.06. The van der Waals surface area contributed by atoms with Gasteiger partial charge in [-0.1, -0.05) is 23.7 Å². The standard InChI is InChI=1S/C11H15ClN2O/c1-7(13)11(15)14-8(2)9-3-5-10(12)6-4-9/h3-8H,13H2,1-2H3,(H,14,15)/t7-,8+/m1/s1. The number of amides is 1. The molecule has 0 saturated carbocycles. The van der Waals surface area contributed by atoms with Crippen LogP contribution in [-0.2, 0) is 4.79 Å². The third-order valence-electron chi connectivity index (χ3n) is 2.14. The normalized spacial score (nSPS) is 14.4. The number of carbonyl (C=O) groups is 1. The van der Waals surface area contributed by atoms with Crippen molar-refractivity contribution in [2.75, 3.05) is 0 Å². The Bertz CT molecular complexity index is 335. The van der Waals surface area contributed by atoms with Crippen LogP contribution in [-0.4, -0.2) is 11.9 Å². The molecule has 0 saturated heterocycles. The highest BCUT2D eigenvalue weighted by molar-refractivity contribution is 6.30. The van der Waals surface area contributed by atoms with E-state index in [1.54, 1.807) is 19.1 Å². The number of nitrogens with two attached hydrogens (primary N) is 1. The maximum absolute atomic E-state index is 11.3. The highest BCUT2D eigenvalue weighted by atomic mass is 35.5. The van der Waals surface area contributed by atoms with Gasteiger partial charge in [-0.05, 0) is 31.5 Å². The summed E-state index contributed by atoms with van der Waals surface area (Å²) in [6.45, 7) is 3.56. The van der Waals surface area contributed by atoms with Crippen molar-refractivity contribution in [3.8, 4) is 0 Å². The van der Waals surface area contributed by atoms with Crippen molar-refractivity contribution in [2.24, 2.45) is 5.73 Å². The first kappa shape index (κ1) is 12.0. The summed E-state index contributed by atoms with van der Waals surface area (Å²) >= 11 is 5.77. The van der Waals surface area contributed by atoms with E-state index in [1.807, 2.05) is 19.1 Å². The predicted molar refractivity (Wildman–Crippen MR) is 61.7 cm³/mol. The van der Waals surface area contributed by atoms with Gasteiger partial charge in [0.05, 0.1) is 12.1 Å². The largest absolute Gasteiger partial charge is 0.348 e. The molecule has 82 valence electrons. The van der Waals surface area contributed by atoms with Crippen LogP contribution in [0.3, 0.4) is 0 Å². The monoisotopic (exact) mass is 226 g/mol. The van der Waals surface area contributed by atoms with Crippen LogP contribution in [0.1, 0.15) is 25.5 Å². The van der Waals surface area contributed by atoms with Gasteiger partial charge >= 0.3 is 0 Å². The van der Waals surface area contributed by atoms with E-state index in [1.165, 1.54) is 0 Å². The molecule has 0 aromatic heterocycles. The molecular weight excluding hydrogens is 212 g/mol. The highest BCUT2D eigenvalue weighted by Crippen LogP contribution is 2.15. The summed E-state index contributed by atoms with van der Waals surface area (Å²) in [7, 11) is 0. The lowest BCUT2D eigenvalue weighted by Gasteiger charge is -2.15. The van der Waals surface area contributed by atoms with E-state index in [4.69, 9.17) is 17.3 Å². The van der Waals surface area contributed by atoms with Gasteiger partial charge < -0.3 is 11.1 Å². The molecule has 0 aliphatic heterocycles.